The molecule has 0 amide bonds. The van der Waals surface area contributed by atoms with E-state index in [-0.39, 0.29) is 25.5 Å². The molecule has 0 bridgehead atoms. The number of carboxylic acids is 1. The molecule has 1 aliphatic heterocycles. The third-order valence-corrected chi connectivity index (χ3v) is 2.74. The number of nitrogens with zero attached hydrogens (tertiary/aromatic N) is 2. The molecule has 0 aliphatic carbocycles. The predicted octanol–water partition coefficient (Wildman–Crippen LogP) is -0.657. The molecule has 1 radical (unpaired) electrons. The Bertz CT molecular complexity index is 208. The molecular weight excluding hydrogens is 203 g/mol. The van der Waals surface area contributed by atoms with Crippen LogP contribution >= 0.6 is 0 Å². The van der Waals surface area contributed by atoms with Crippen LogP contribution in [0.5, 0.6) is 0 Å². The monoisotopic (exact) mass is 223 g/mol. The predicted molar refractivity (Wildman–Crippen MR) is 62.7 cm³/mol. The van der Waals surface area contributed by atoms with Crippen LogP contribution in [0.4, 0.5) is 0 Å². The maximum absolute atomic E-state index is 11.1. The summed E-state index contributed by atoms with van der Waals surface area (Å²) in [5.41, 5.74) is 0. The summed E-state index contributed by atoms with van der Waals surface area (Å²) in [6.45, 7) is 6.20. The number of ether oxygens (including phenoxy) is 1. The molecule has 0 aromatic rings. The Kier molecular flexibility index (Phi) is 8.07. The minimum absolute atomic E-state index is 0. The summed E-state index contributed by atoms with van der Waals surface area (Å²) in [5, 5.41) is 9.08. The Hall–Kier alpha value is -0.0526. The maximum atomic E-state index is 11.1. The quantitative estimate of drug-likeness (QED) is 0.627. The van der Waals surface area contributed by atoms with E-state index in [0.29, 0.717) is 6.61 Å². The number of aliphatic carboxylic acids is 1. The van der Waals surface area contributed by atoms with Crippen molar-refractivity contribution in [3.05, 3.63) is 0 Å². The van der Waals surface area contributed by atoms with Gasteiger partial charge in [0.15, 0.2) is 0 Å². The van der Waals surface area contributed by atoms with E-state index in [1.165, 1.54) is 0 Å². The van der Waals surface area contributed by atoms with Crippen molar-refractivity contribution < 1.29 is 14.6 Å². The number of piperazine rings is 1. The first kappa shape index (κ1) is 15.9. The summed E-state index contributed by atoms with van der Waals surface area (Å²) in [6, 6.07) is -0.487. The largest absolute Gasteiger partial charge is 0.480 e. The van der Waals surface area contributed by atoms with Crippen molar-refractivity contribution >= 4 is 24.8 Å². The number of hydrogen-bond acceptors (Lipinski definition) is 4. The number of carbonyl (C=O) groups is 1. The van der Waals surface area contributed by atoms with Crippen molar-refractivity contribution in [1.82, 2.24) is 9.80 Å². The van der Waals surface area contributed by atoms with E-state index in [1.807, 2.05) is 11.8 Å². The second-order valence-corrected chi connectivity index (χ2v) is 3.85. The SMILES string of the molecule is CCOC[C@H](C(=O)O)N1CCN(C)CC1.[Li]. The molecule has 0 aromatic carbocycles. The second kappa shape index (κ2) is 8.10. The van der Waals surface area contributed by atoms with Gasteiger partial charge in [0.1, 0.15) is 6.04 Å². The first-order valence-electron chi connectivity index (χ1n) is 5.38. The maximum Gasteiger partial charge on any atom is 0.323 e. The molecule has 1 saturated heterocycles. The normalized spacial score (nSPS) is 20.1. The molecule has 1 rings (SSSR count). The average Bonchev–Trinajstić information content (AvgIpc) is 2.21. The fourth-order valence-corrected chi connectivity index (χ4v) is 1.70. The first-order valence-corrected chi connectivity index (χ1v) is 5.38. The third kappa shape index (κ3) is 4.85. The Morgan fingerprint density at radius 3 is 2.38 bits per heavy atom. The van der Waals surface area contributed by atoms with Crippen molar-refractivity contribution in [1.29, 1.82) is 0 Å². The van der Waals surface area contributed by atoms with Gasteiger partial charge in [-0.3, -0.25) is 9.69 Å². The van der Waals surface area contributed by atoms with Crippen LogP contribution in [0, 0.1) is 0 Å². The molecular formula is C10H20LiN2O3. The number of likely N-dealkylation sites (N-methyl/N-ethyl adjacent to an activating group) is 1. The Morgan fingerprint density at radius 2 is 1.94 bits per heavy atom. The summed E-state index contributed by atoms with van der Waals surface area (Å²) < 4.78 is 5.20. The van der Waals surface area contributed by atoms with Gasteiger partial charge in [-0.25, -0.2) is 0 Å². The molecule has 89 valence electrons. The molecule has 0 spiro atoms. The molecule has 1 fully saturated rings. The minimum atomic E-state index is -0.784. The zero-order valence-corrected chi connectivity index (χ0v) is 10.5. The van der Waals surface area contributed by atoms with E-state index in [0.717, 1.165) is 26.2 Å². The number of carboxylic acid groups (broad SMARTS) is 1. The van der Waals surface area contributed by atoms with Gasteiger partial charge in [0.2, 0.25) is 0 Å². The van der Waals surface area contributed by atoms with Crippen molar-refractivity contribution in [2.24, 2.45) is 0 Å². The van der Waals surface area contributed by atoms with Gasteiger partial charge >= 0.3 is 5.97 Å². The van der Waals surface area contributed by atoms with Crippen LogP contribution in [-0.4, -0.2) is 92.2 Å². The fourth-order valence-electron chi connectivity index (χ4n) is 1.70. The van der Waals surface area contributed by atoms with Crippen LogP contribution in [0.25, 0.3) is 0 Å². The second-order valence-electron chi connectivity index (χ2n) is 3.85. The Labute approximate surface area is 109 Å². The summed E-state index contributed by atoms with van der Waals surface area (Å²) in [7, 11) is 2.05. The van der Waals surface area contributed by atoms with Gasteiger partial charge in [0.25, 0.3) is 0 Å². The molecule has 1 N–H and O–H groups in total. The van der Waals surface area contributed by atoms with Gasteiger partial charge in [0.05, 0.1) is 6.61 Å². The van der Waals surface area contributed by atoms with Crippen molar-refractivity contribution in [2.45, 2.75) is 13.0 Å². The van der Waals surface area contributed by atoms with E-state index in [4.69, 9.17) is 9.84 Å². The minimum Gasteiger partial charge on any atom is -0.480 e. The molecule has 1 atom stereocenters. The van der Waals surface area contributed by atoms with Crippen LogP contribution in [-0.2, 0) is 9.53 Å². The van der Waals surface area contributed by atoms with Gasteiger partial charge in [-0.15, -0.1) is 0 Å². The molecule has 0 unspecified atom stereocenters. The average molecular weight is 223 g/mol. The fraction of sp³-hybridized carbons (Fsp3) is 0.900. The van der Waals surface area contributed by atoms with Gasteiger partial charge in [-0.1, -0.05) is 0 Å². The van der Waals surface area contributed by atoms with Crippen LogP contribution in [0.3, 0.4) is 0 Å². The summed E-state index contributed by atoms with van der Waals surface area (Å²) in [6.07, 6.45) is 0. The summed E-state index contributed by atoms with van der Waals surface area (Å²) in [4.78, 5) is 15.2. The van der Waals surface area contributed by atoms with Gasteiger partial charge in [-0.05, 0) is 14.0 Å². The standard InChI is InChI=1S/C10H20N2O3.Li/c1-3-15-8-9(10(13)14)12-6-4-11(2)5-7-12;/h9H,3-8H2,1-2H3,(H,13,14);/t9-;/m1./s1. The number of hydrogen-bond donors (Lipinski definition) is 1. The van der Waals surface area contributed by atoms with Crippen molar-refractivity contribution in [3.63, 3.8) is 0 Å². The van der Waals surface area contributed by atoms with E-state index in [1.54, 1.807) is 0 Å². The van der Waals surface area contributed by atoms with Crippen molar-refractivity contribution in [2.75, 3.05) is 46.4 Å². The van der Waals surface area contributed by atoms with E-state index in [2.05, 4.69) is 11.9 Å². The summed E-state index contributed by atoms with van der Waals surface area (Å²) in [5.74, 6) is -0.784. The molecule has 6 heteroatoms. The summed E-state index contributed by atoms with van der Waals surface area (Å²) >= 11 is 0. The van der Waals surface area contributed by atoms with Crippen molar-refractivity contribution in [3.8, 4) is 0 Å². The van der Waals surface area contributed by atoms with Gasteiger partial charge in [0, 0.05) is 51.6 Å². The van der Waals surface area contributed by atoms with E-state index >= 15 is 0 Å². The van der Waals surface area contributed by atoms with E-state index < -0.39 is 12.0 Å². The zero-order valence-electron chi connectivity index (χ0n) is 10.5. The molecule has 5 nitrogen and oxygen atoms in total. The molecule has 1 heterocycles. The third-order valence-electron chi connectivity index (χ3n) is 2.74. The number of rotatable bonds is 5. The smallest absolute Gasteiger partial charge is 0.323 e. The molecule has 0 aromatic heterocycles. The van der Waals surface area contributed by atoms with Crippen LogP contribution in [0.15, 0.2) is 0 Å². The van der Waals surface area contributed by atoms with Gasteiger partial charge < -0.3 is 14.7 Å². The topological polar surface area (TPSA) is 53.0 Å². The first-order chi connectivity index (χ1) is 7.15. The molecule has 1 aliphatic rings. The van der Waals surface area contributed by atoms with Crippen LogP contribution in [0.2, 0.25) is 0 Å². The van der Waals surface area contributed by atoms with Crippen LogP contribution in [0.1, 0.15) is 6.92 Å². The zero-order chi connectivity index (χ0) is 11.3. The van der Waals surface area contributed by atoms with Gasteiger partial charge in [-0.2, -0.15) is 0 Å². The van der Waals surface area contributed by atoms with E-state index in [9.17, 15) is 4.79 Å². The molecule has 0 saturated carbocycles. The Morgan fingerprint density at radius 1 is 1.38 bits per heavy atom. The molecule has 16 heavy (non-hydrogen) atoms. The Balaban J connectivity index is 0.00000225. The van der Waals surface area contributed by atoms with Crippen LogP contribution < -0.4 is 0 Å².